The summed E-state index contributed by atoms with van der Waals surface area (Å²) in [6.45, 7) is 8.05. The molecule has 2 fully saturated rings. The molecule has 2 saturated heterocycles. The van der Waals surface area contributed by atoms with E-state index in [-0.39, 0.29) is 18.1 Å². The monoisotopic (exact) mass is 268 g/mol. The van der Waals surface area contributed by atoms with Crippen LogP contribution in [-0.4, -0.2) is 61.1 Å². The van der Waals surface area contributed by atoms with Gasteiger partial charge in [-0.2, -0.15) is 0 Å². The number of carbonyl (C=O) groups is 1. The van der Waals surface area contributed by atoms with Gasteiger partial charge in [-0.3, -0.25) is 9.69 Å². The summed E-state index contributed by atoms with van der Waals surface area (Å²) in [5.74, 6) is 0.643. The van der Waals surface area contributed by atoms with Crippen molar-refractivity contribution in [2.45, 2.75) is 51.7 Å². The zero-order valence-corrected chi connectivity index (χ0v) is 12.6. The molecule has 2 heterocycles. The molecule has 19 heavy (non-hydrogen) atoms. The van der Waals surface area contributed by atoms with Crippen molar-refractivity contribution in [2.24, 2.45) is 5.92 Å². The minimum absolute atomic E-state index is 0.0499. The van der Waals surface area contributed by atoms with E-state index in [4.69, 9.17) is 4.74 Å². The lowest BCUT2D eigenvalue weighted by molar-refractivity contribution is -0.138. The highest BCUT2D eigenvalue weighted by molar-refractivity contribution is 5.82. The molecule has 0 radical (unpaired) electrons. The van der Waals surface area contributed by atoms with Crippen molar-refractivity contribution in [1.82, 2.24) is 9.80 Å². The lowest BCUT2D eigenvalue weighted by Crippen LogP contribution is -2.50. The molecule has 1 amide bonds. The zero-order chi connectivity index (χ0) is 13.8. The maximum absolute atomic E-state index is 12.7. The molecule has 0 N–H and O–H groups in total. The molecule has 0 aromatic heterocycles. The van der Waals surface area contributed by atoms with Crippen molar-refractivity contribution in [1.29, 1.82) is 0 Å². The van der Waals surface area contributed by atoms with E-state index in [0.717, 1.165) is 39.1 Å². The van der Waals surface area contributed by atoms with Crippen molar-refractivity contribution in [3.05, 3.63) is 0 Å². The molecule has 0 unspecified atom stereocenters. The summed E-state index contributed by atoms with van der Waals surface area (Å²) in [7, 11) is 1.93. The fraction of sp³-hybridized carbons (Fsp3) is 0.933. The van der Waals surface area contributed by atoms with Crippen LogP contribution in [0, 0.1) is 5.92 Å². The van der Waals surface area contributed by atoms with E-state index in [1.165, 1.54) is 12.8 Å². The van der Waals surface area contributed by atoms with Crippen LogP contribution in [-0.2, 0) is 9.53 Å². The normalized spacial score (nSPS) is 26.0. The lowest BCUT2D eigenvalue weighted by atomic mass is 10.0. The van der Waals surface area contributed by atoms with Crippen LogP contribution < -0.4 is 0 Å². The van der Waals surface area contributed by atoms with Gasteiger partial charge in [0.05, 0.1) is 12.1 Å². The van der Waals surface area contributed by atoms with E-state index in [0.29, 0.717) is 5.92 Å². The Kier molecular flexibility index (Phi) is 5.22. The maximum Gasteiger partial charge on any atom is 0.240 e. The SMILES string of the molecule is CC(C)[C@@H](C(=O)N(C)C[C@H]1CCCO1)N1CCCC1. The Labute approximate surface area is 117 Å². The predicted molar refractivity (Wildman–Crippen MR) is 76.0 cm³/mol. The molecule has 0 aliphatic carbocycles. The molecule has 2 aliphatic heterocycles. The van der Waals surface area contributed by atoms with Crippen LogP contribution in [0.3, 0.4) is 0 Å². The highest BCUT2D eigenvalue weighted by atomic mass is 16.5. The van der Waals surface area contributed by atoms with Gasteiger partial charge in [0, 0.05) is 20.2 Å². The van der Waals surface area contributed by atoms with E-state index in [1.807, 2.05) is 11.9 Å². The highest BCUT2D eigenvalue weighted by Gasteiger charge is 2.33. The molecular weight excluding hydrogens is 240 g/mol. The maximum atomic E-state index is 12.7. The smallest absolute Gasteiger partial charge is 0.240 e. The van der Waals surface area contributed by atoms with Crippen molar-refractivity contribution < 1.29 is 9.53 Å². The highest BCUT2D eigenvalue weighted by Crippen LogP contribution is 2.20. The number of likely N-dealkylation sites (tertiary alicyclic amines) is 1. The molecule has 110 valence electrons. The molecule has 4 heteroatoms. The molecule has 0 spiro atoms. The number of amides is 1. The Bertz CT molecular complexity index is 295. The number of nitrogens with zero attached hydrogens (tertiary/aromatic N) is 2. The third-order valence-electron chi connectivity index (χ3n) is 4.30. The van der Waals surface area contributed by atoms with Crippen LogP contribution in [0.25, 0.3) is 0 Å². The Balaban J connectivity index is 1.93. The summed E-state index contributed by atoms with van der Waals surface area (Å²) in [6, 6.07) is 0.0499. The second-order valence-electron chi connectivity index (χ2n) is 6.29. The first-order valence-electron chi connectivity index (χ1n) is 7.70. The number of ether oxygens (including phenoxy) is 1. The van der Waals surface area contributed by atoms with Gasteiger partial charge in [-0.1, -0.05) is 13.8 Å². The molecule has 0 saturated carbocycles. The third-order valence-corrected chi connectivity index (χ3v) is 4.30. The van der Waals surface area contributed by atoms with Crippen LogP contribution in [0.4, 0.5) is 0 Å². The van der Waals surface area contributed by atoms with Gasteiger partial charge in [-0.15, -0.1) is 0 Å². The van der Waals surface area contributed by atoms with E-state index in [2.05, 4.69) is 18.7 Å². The average molecular weight is 268 g/mol. The lowest BCUT2D eigenvalue weighted by Gasteiger charge is -2.33. The van der Waals surface area contributed by atoms with E-state index in [9.17, 15) is 4.79 Å². The molecule has 0 bridgehead atoms. The van der Waals surface area contributed by atoms with E-state index in [1.54, 1.807) is 0 Å². The average Bonchev–Trinajstić information content (AvgIpc) is 3.01. The predicted octanol–water partition coefficient (Wildman–Crippen LogP) is 1.74. The fourth-order valence-corrected chi connectivity index (χ4v) is 3.29. The Morgan fingerprint density at radius 1 is 1.32 bits per heavy atom. The number of carbonyl (C=O) groups excluding carboxylic acids is 1. The van der Waals surface area contributed by atoms with Gasteiger partial charge in [0.2, 0.25) is 5.91 Å². The topological polar surface area (TPSA) is 32.8 Å². The quantitative estimate of drug-likeness (QED) is 0.761. The summed E-state index contributed by atoms with van der Waals surface area (Å²) >= 11 is 0. The van der Waals surface area contributed by atoms with Crippen LogP contribution in [0.5, 0.6) is 0 Å². The van der Waals surface area contributed by atoms with Crippen LogP contribution >= 0.6 is 0 Å². The summed E-state index contributed by atoms with van der Waals surface area (Å²) in [6.07, 6.45) is 4.93. The van der Waals surface area contributed by atoms with Gasteiger partial charge in [0.25, 0.3) is 0 Å². The minimum Gasteiger partial charge on any atom is -0.376 e. The Hall–Kier alpha value is -0.610. The minimum atomic E-state index is 0.0499. The van der Waals surface area contributed by atoms with Gasteiger partial charge in [0.15, 0.2) is 0 Å². The largest absolute Gasteiger partial charge is 0.376 e. The van der Waals surface area contributed by atoms with Gasteiger partial charge in [-0.25, -0.2) is 0 Å². The standard InChI is InChI=1S/C15H28N2O2/c1-12(2)14(17-8-4-5-9-17)15(18)16(3)11-13-7-6-10-19-13/h12-14H,4-11H2,1-3H3/t13-,14+/m1/s1. The van der Waals surface area contributed by atoms with Crippen LogP contribution in [0.1, 0.15) is 39.5 Å². The Morgan fingerprint density at radius 3 is 2.53 bits per heavy atom. The number of rotatable bonds is 5. The molecule has 4 nitrogen and oxygen atoms in total. The zero-order valence-electron chi connectivity index (χ0n) is 12.6. The fourth-order valence-electron chi connectivity index (χ4n) is 3.29. The first-order chi connectivity index (χ1) is 9.09. The first kappa shape index (κ1) is 14.8. The second-order valence-corrected chi connectivity index (χ2v) is 6.29. The molecule has 2 rings (SSSR count). The van der Waals surface area contributed by atoms with Crippen molar-refractivity contribution in [3.8, 4) is 0 Å². The third kappa shape index (κ3) is 3.69. The van der Waals surface area contributed by atoms with Crippen LogP contribution in [0.15, 0.2) is 0 Å². The molecule has 0 aromatic carbocycles. The van der Waals surface area contributed by atoms with Crippen molar-refractivity contribution in [3.63, 3.8) is 0 Å². The molecule has 2 aliphatic rings. The van der Waals surface area contributed by atoms with Gasteiger partial charge in [-0.05, 0) is 44.7 Å². The van der Waals surface area contributed by atoms with E-state index < -0.39 is 0 Å². The number of likely N-dealkylation sites (N-methyl/N-ethyl adjacent to an activating group) is 1. The van der Waals surface area contributed by atoms with Crippen molar-refractivity contribution >= 4 is 5.91 Å². The van der Waals surface area contributed by atoms with Gasteiger partial charge in [0.1, 0.15) is 0 Å². The number of hydrogen-bond acceptors (Lipinski definition) is 3. The van der Waals surface area contributed by atoms with Crippen LogP contribution in [0.2, 0.25) is 0 Å². The summed E-state index contributed by atoms with van der Waals surface area (Å²) in [4.78, 5) is 16.9. The second kappa shape index (κ2) is 6.71. The Morgan fingerprint density at radius 2 is 2.00 bits per heavy atom. The first-order valence-corrected chi connectivity index (χ1v) is 7.70. The van der Waals surface area contributed by atoms with E-state index >= 15 is 0 Å². The van der Waals surface area contributed by atoms with Gasteiger partial charge >= 0.3 is 0 Å². The molecule has 0 aromatic rings. The summed E-state index contributed by atoms with van der Waals surface area (Å²) < 4.78 is 5.63. The van der Waals surface area contributed by atoms with Crippen molar-refractivity contribution in [2.75, 3.05) is 33.3 Å². The number of hydrogen-bond donors (Lipinski definition) is 0. The molecular formula is C15H28N2O2. The summed E-state index contributed by atoms with van der Waals surface area (Å²) in [5, 5.41) is 0. The summed E-state index contributed by atoms with van der Waals surface area (Å²) in [5.41, 5.74) is 0. The molecule has 2 atom stereocenters. The van der Waals surface area contributed by atoms with Gasteiger partial charge < -0.3 is 9.64 Å².